The lowest BCUT2D eigenvalue weighted by molar-refractivity contribution is -0.142. The molecule has 2 N–H and O–H groups in total. The zero-order valence-corrected chi connectivity index (χ0v) is 16.8. The third kappa shape index (κ3) is 3.28. The number of hydrogen-bond acceptors (Lipinski definition) is 5. The number of sulfonamides is 1. The molecule has 1 aliphatic heterocycles. The summed E-state index contributed by atoms with van der Waals surface area (Å²) in [5.41, 5.74) is -0.153. The van der Waals surface area contributed by atoms with Gasteiger partial charge in [-0.2, -0.15) is 18.3 Å². The molecular formula is C18H13ClF3N3O4S. The number of nitrogens with two attached hydrogens (primary N) is 1. The van der Waals surface area contributed by atoms with E-state index < -0.39 is 27.6 Å². The van der Waals surface area contributed by atoms with Crippen LogP contribution in [0.2, 0.25) is 5.02 Å². The molecule has 3 aromatic rings. The molecule has 0 radical (unpaired) electrons. The maximum atomic E-state index is 13.6. The first-order valence-corrected chi connectivity index (χ1v) is 10.3. The number of ether oxygens (including phenoxy) is 2. The molecule has 2 aromatic carbocycles. The van der Waals surface area contributed by atoms with Gasteiger partial charge in [0.2, 0.25) is 15.7 Å². The van der Waals surface area contributed by atoms with E-state index in [1.807, 2.05) is 0 Å². The molecule has 30 heavy (non-hydrogen) atoms. The fourth-order valence-electron chi connectivity index (χ4n) is 3.19. The lowest BCUT2D eigenvalue weighted by atomic mass is 10.0. The summed E-state index contributed by atoms with van der Waals surface area (Å²) in [5, 5.41) is 9.00. The van der Waals surface area contributed by atoms with Crippen molar-refractivity contribution in [3.05, 3.63) is 52.7 Å². The number of nitrogens with zero attached hydrogens (tertiary/aromatic N) is 2. The standard InChI is InChI=1S/C18H13ClF3N3O4S/c1-28-13-7-6-11-12(14(13)19)8-29-16-15(11)25(24-17(16)18(20,21)22)9-2-4-10(5-3-9)30(23,26)27/h2-7H,8H2,1H3,(H2,23,26,27). The largest absolute Gasteiger partial charge is 0.495 e. The second-order valence-corrected chi connectivity index (χ2v) is 8.31. The Bertz CT molecular complexity index is 1260. The molecule has 0 aliphatic carbocycles. The van der Waals surface area contributed by atoms with Gasteiger partial charge in [-0.1, -0.05) is 11.6 Å². The minimum absolute atomic E-state index is 0.0384. The SMILES string of the molecule is COc1ccc2c(c1Cl)COc1c(C(F)(F)F)nn(-c3ccc(S(N)(=O)=O)cc3)c1-2. The Morgan fingerprint density at radius 1 is 1.20 bits per heavy atom. The molecule has 0 atom stereocenters. The van der Waals surface area contributed by atoms with Crippen LogP contribution in [0.25, 0.3) is 16.9 Å². The fraction of sp³-hybridized carbons (Fsp3) is 0.167. The molecule has 0 bridgehead atoms. The molecule has 0 spiro atoms. The van der Waals surface area contributed by atoms with E-state index in [9.17, 15) is 21.6 Å². The zero-order chi connectivity index (χ0) is 21.8. The van der Waals surface area contributed by atoms with Gasteiger partial charge in [-0.15, -0.1) is 0 Å². The maximum absolute atomic E-state index is 13.6. The number of rotatable bonds is 3. The summed E-state index contributed by atoms with van der Waals surface area (Å²) in [4.78, 5) is -0.187. The fourth-order valence-corrected chi connectivity index (χ4v) is 4.00. The van der Waals surface area contributed by atoms with Crippen LogP contribution in [0.1, 0.15) is 11.3 Å². The van der Waals surface area contributed by atoms with Crippen molar-refractivity contribution in [2.75, 3.05) is 7.11 Å². The van der Waals surface area contributed by atoms with E-state index in [4.69, 9.17) is 26.2 Å². The zero-order valence-electron chi connectivity index (χ0n) is 15.2. The predicted molar refractivity (Wildman–Crippen MR) is 101 cm³/mol. The second kappa shape index (κ2) is 6.89. The van der Waals surface area contributed by atoms with Crippen LogP contribution in [0.5, 0.6) is 11.5 Å². The van der Waals surface area contributed by atoms with E-state index in [0.717, 1.165) is 4.68 Å². The van der Waals surface area contributed by atoms with Gasteiger partial charge in [-0.3, -0.25) is 0 Å². The first kappa shape index (κ1) is 20.5. The van der Waals surface area contributed by atoms with E-state index >= 15 is 0 Å². The summed E-state index contributed by atoms with van der Waals surface area (Å²) < 4.78 is 75.3. The second-order valence-electron chi connectivity index (χ2n) is 6.37. The topological polar surface area (TPSA) is 96.4 Å². The number of methoxy groups -OCH3 is 1. The van der Waals surface area contributed by atoms with Crippen LogP contribution >= 0.6 is 11.6 Å². The Morgan fingerprint density at radius 3 is 2.43 bits per heavy atom. The quantitative estimate of drug-likeness (QED) is 0.643. The monoisotopic (exact) mass is 459 g/mol. The van der Waals surface area contributed by atoms with Gasteiger partial charge in [-0.05, 0) is 36.4 Å². The summed E-state index contributed by atoms with van der Waals surface area (Å²) in [6.45, 7) is -0.197. The highest BCUT2D eigenvalue weighted by atomic mass is 35.5. The molecular weight excluding hydrogens is 447 g/mol. The van der Waals surface area contributed by atoms with Crippen LogP contribution < -0.4 is 14.6 Å². The lowest BCUT2D eigenvalue weighted by Crippen LogP contribution is -2.12. The van der Waals surface area contributed by atoms with E-state index in [1.54, 1.807) is 6.07 Å². The summed E-state index contributed by atoms with van der Waals surface area (Å²) in [6, 6.07) is 8.05. The molecule has 0 fully saturated rings. The number of benzene rings is 2. The Morgan fingerprint density at radius 2 is 1.87 bits per heavy atom. The summed E-state index contributed by atoms with van der Waals surface area (Å²) in [7, 11) is -2.55. The van der Waals surface area contributed by atoms with Crippen LogP contribution in [0.4, 0.5) is 13.2 Å². The molecule has 7 nitrogen and oxygen atoms in total. The number of hydrogen-bond donors (Lipinski definition) is 1. The van der Waals surface area contributed by atoms with Crippen molar-refractivity contribution in [3.63, 3.8) is 0 Å². The number of alkyl halides is 3. The molecule has 1 aromatic heterocycles. The average Bonchev–Trinajstić information content (AvgIpc) is 3.08. The van der Waals surface area contributed by atoms with Crippen molar-refractivity contribution in [3.8, 4) is 28.4 Å². The van der Waals surface area contributed by atoms with Crippen LogP contribution in [0, 0.1) is 0 Å². The van der Waals surface area contributed by atoms with E-state index in [1.165, 1.54) is 37.4 Å². The molecule has 4 rings (SSSR count). The predicted octanol–water partition coefficient (Wildman–Crippen LogP) is 3.76. The van der Waals surface area contributed by atoms with Crippen LogP contribution in [-0.4, -0.2) is 25.3 Å². The Hall–Kier alpha value is -2.76. The Balaban J connectivity index is 1.98. The van der Waals surface area contributed by atoms with Gasteiger partial charge in [0.25, 0.3) is 0 Å². The summed E-state index contributed by atoms with van der Waals surface area (Å²) >= 11 is 6.32. The van der Waals surface area contributed by atoms with Crippen molar-refractivity contribution in [1.29, 1.82) is 0 Å². The van der Waals surface area contributed by atoms with Crippen molar-refractivity contribution in [1.82, 2.24) is 9.78 Å². The number of halogens is 4. The first-order valence-electron chi connectivity index (χ1n) is 8.34. The van der Waals surface area contributed by atoms with Gasteiger partial charge in [0.15, 0.2) is 5.75 Å². The third-order valence-electron chi connectivity index (χ3n) is 4.56. The van der Waals surface area contributed by atoms with Crippen molar-refractivity contribution < 1.29 is 31.1 Å². The normalized spacial score (nSPS) is 13.4. The van der Waals surface area contributed by atoms with Gasteiger partial charge >= 0.3 is 6.18 Å². The molecule has 1 aliphatic rings. The summed E-state index contributed by atoms with van der Waals surface area (Å²) in [6.07, 6.45) is -4.77. The van der Waals surface area contributed by atoms with E-state index in [0.29, 0.717) is 16.9 Å². The van der Waals surface area contributed by atoms with Crippen molar-refractivity contribution >= 4 is 21.6 Å². The molecule has 0 amide bonds. The minimum atomic E-state index is -4.77. The molecule has 158 valence electrons. The van der Waals surface area contributed by atoms with Crippen molar-refractivity contribution in [2.45, 2.75) is 17.7 Å². The van der Waals surface area contributed by atoms with Crippen molar-refractivity contribution in [2.24, 2.45) is 5.14 Å². The number of fused-ring (bicyclic) bond motifs is 3. The van der Waals surface area contributed by atoms with Crippen LogP contribution in [0.15, 0.2) is 41.3 Å². The van der Waals surface area contributed by atoms with E-state index in [2.05, 4.69) is 5.10 Å². The molecule has 0 saturated heterocycles. The van der Waals surface area contributed by atoms with E-state index in [-0.39, 0.29) is 27.9 Å². The smallest absolute Gasteiger partial charge is 0.438 e. The van der Waals surface area contributed by atoms with Gasteiger partial charge in [0.1, 0.15) is 18.1 Å². The molecule has 0 saturated carbocycles. The number of primary sulfonamides is 1. The number of aromatic nitrogens is 2. The van der Waals surface area contributed by atoms with Gasteiger partial charge in [0.05, 0.1) is 22.7 Å². The molecule has 0 unspecified atom stereocenters. The Labute approximate surface area is 173 Å². The lowest BCUT2D eigenvalue weighted by Gasteiger charge is -2.22. The highest BCUT2D eigenvalue weighted by molar-refractivity contribution is 7.89. The molecule has 2 heterocycles. The highest BCUT2D eigenvalue weighted by Gasteiger charge is 2.43. The highest BCUT2D eigenvalue weighted by Crippen LogP contribution is 2.49. The van der Waals surface area contributed by atoms with Gasteiger partial charge in [-0.25, -0.2) is 18.2 Å². The molecule has 12 heteroatoms. The third-order valence-corrected chi connectivity index (χ3v) is 5.91. The minimum Gasteiger partial charge on any atom is -0.495 e. The van der Waals surface area contributed by atoms with Gasteiger partial charge < -0.3 is 9.47 Å². The van der Waals surface area contributed by atoms with Crippen LogP contribution in [0.3, 0.4) is 0 Å². The average molecular weight is 460 g/mol. The van der Waals surface area contributed by atoms with Crippen LogP contribution in [-0.2, 0) is 22.8 Å². The summed E-state index contributed by atoms with van der Waals surface area (Å²) in [5.74, 6) is -0.0890. The van der Waals surface area contributed by atoms with Gasteiger partial charge in [0, 0.05) is 11.1 Å². The first-order chi connectivity index (χ1) is 14.0. The Kier molecular flexibility index (Phi) is 4.71. The maximum Gasteiger partial charge on any atom is 0.438 e.